The summed E-state index contributed by atoms with van der Waals surface area (Å²) in [6, 6.07) is 0. The van der Waals surface area contributed by atoms with Crippen LogP contribution in [-0.4, -0.2) is 37.0 Å². The molecule has 86 valence electrons. The Morgan fingerprint density at radius 3 is 3.00 bits per heavy atom. The summed E-state index contributed by atoms with van der Waals surface area (Å²) in [5.74, 6) is 0.176. The van der Waals surface area contributed by atoms with Gasteiger partial charge in [-0.3, -0.25) is 9.59 Å². The molecule has 1 fully saturated rings. The molecule has 0 spiro atoms. The number of amides is 1. The zero-order valence-corrected chi connectivity index (χ0v) is 9.49. The Labute approximate surface area is 90.6 Å². The van der Waals surface area contributed by atoms with Gasteiger partial charge in [0.2, 0.25) is 5.91 Å². The predicted octanol–water partition coefficient (Wildman–Crippen LogP) is 1.20. The second-order valence-corrected chi connectivity index (χ2v) is 4.05. The largest absolute Gasteiger partial charge is 0.469 e. The van der Waals surface area contributed by atoms with Gasteiger partial charge in [0.15, 0.2) is 0 Å². The van der Waals surface area contributed by atoms with Crippen molar-refractivity contribution in [1.82, 2.24) is 4.90 Å². The molecule has 4 nitrogen and oxygen atoms in total. The molecular formula is C11H19NO3. The average molecular weight is 213 g/mol. The van der Waals surface area contributed by atoms with Gasteiger partial charge in [0.25, 0.3) is 0 Å². The van der Waals surface area contributed by atoms with Crippen LogP contribution in [0.1, 0.15) is 32.6 Å². The van der Waals surface area contributed by atoms with Gasteiger partial charge >= 0.3 is 5.97 Å². The minimum absolute atomic E-state index is 0.150. The number of ether oxygens (including phenoxy) is 1. The molecule has 4 heteroatoms. The van der Waals surface area contributed by atoms with Crippen LogP contribution in [0.15, 0.2) is 0 Å². The average Bonchev–Trinajstić information content (AvgIpc) is 2.24. The number of esters is 1. The van der Waals surface area contributed by atoms with Crippen LogP contribution < -0.4 is 0 Å². The van der Waals surface area contributed by atoms with Gasteiger partial charge in [-0.25, -0.2) is 0 Å². The summed E-state index contributed by atoms with van der Waals surface area (Å²) in [6.07, 6.45) is 3.16. The Morgan fingerprint density at radius 1 is 1.60 bits per heavy atom. The Morgan fingerprint density at radius 2 is 2.33 bits per heavy atom. The van der Waals surface area contributed by atoms with E-state index in [1.807, 2.05) is 11.8 Å². The van der Waals surface area contributed by atoms with Gasteiger partial charge in [-0.05, 0) is 19.3 Å². The van der Waals surface area contributed by atoms with Crippen LogP contribution in [0.5, 0.6) is 0 Å². The maximum atomic E-state index is 11.7. The standard InChI is InChI=1S/C11H19NO3/c1-9-5-3-7-12(11(9)14)8-4-6-10(13)15-2/h9H,3-8H2,1-2H3. The smallest absolute Gasteiger partial charge is 0.305 e. The molecule has 0 N–H and O–H groups in total. The van der Waals surface area contributed by atoms with E-state index in [1.54, 1.807) is 0 Å². The minimum atomic E-state index is -0.201. The lowest BCUT2D eigenvalue weighted by Crippen LogP contribution is -2.40. The van der Waals surface area contributed by atoms with E-state index >= 15 is 0 Å². The lowest BCUT2D eigenvalue weighted by molar-refractivity contribution is -0.142. The van der Waals surface area contributed by atoms with E-state index in [0.717, 1.165) is 19.4 Å². The van der Waals surface area contributed by atoms with E-state index in [-0.39, 0.29) is 17.8 Å². The zero-order valence-electron chi connectivity index (χ0n) is 9.49. The zero-order chi connectivity index (χ0) is 11.3. The number of likely N-dealkylation sites (tertiary alicyclic amines) is 1. The van der Waals surface area contributed by atoms with E-state index in [0.29, 0.717) is 19.4 Å². The summed E-state index contributed by atoms with van der Waals surface area (Å²) in [5.41, 5.74) is 0. The number of methoxy groups -OCH3 is 1. The first-order valence-electron chi connectivity index (χ1n) is 5.50. The maximum absolute atomic E-state index is 11.7. The topological polar surface area (TPSA) is 46.6 Å². The van der Waals surface area contributed by atoms with Crippen molar-refractivity contribution in [3.05, 3.63) is 0 Å². The first-order chi connectivity index (χ1) is 7.15. The van der Waals surface area contributed by atoms with Gasteiger partial charge < -0.3 is 9.64 Å². The molecule has 1 heterocycles. The van der Waals surface area contributed by atoms with Gasteiger partial charge in [0.05, 0.1) is 7.11 Å². The van der Waals surface area contributed by atoms with Crippen molar-refractivity contribution in [3.8, 4) is 0 Å². The normalized spacial score (nSPS) is 21.6. The van der Waals surface area contributed by atoms with Crippen molar-refractivity contribution in [2.75, 3.05) is 20.2 Å². The third-order valence-corrected chi connectivity index (χ3v) is 2.84. The first kappa shape index (κ1) is 12.0. The summed E-state index contributed by atoms with van der Waals surface area (Å²) in [4.78, 5) is 24.4. The molecule has 1 saturated heterocycles. The number of piperidine rings is 1. The third kappa shape index (κ3) is 3.53. The van der Waals surface area contributed by atoms with Crippen LogP contribution in [0.3, 0.4) is 0 Å². The molecule has 1 atom stereocenters. The second kappa shape index (κ2) is 5.73. The van der Waals surface area contributed by atoms with Gasteiger partial charge in [-0.1, -0.05) is 6.92 Å². The van der Waals surface area contributed by atoms with E-state index in [2.05, 4.69) is 4.74 Å². The second-order valence-electron chi connectivity index (χ2n) is 4.05. The lowest BCUT2D eigenvalue weighted by atomic mass is 9.99. The maximum Gasteiger partial charge on any atom is 0.305 e. The fourth-order valence-electron chi connectivity index (χ4n) is 1.87. The van der Waals surface area contributed by atoms with Crippen LogP contribution in [0.25, 0.3) is 0 Å². The molecule has 0 saturated carbocycles. The van der Waals surface area contributed by atoms with Crippen LogP contribution in [-0.2, 0) is 14.3 Å². The summed E-state index contributed by atoms with van der Waals surface area (Å²) in [7, 11) is 1.39. The third-order valence-electron chi connectivity index (χ3n) is 2.84. The summed E-state index contributed by atoms with van der Waals surface area (Å²) < 4.78 is 4.55. The highest BCUT2D eigenvalue weighted by Gasteiger charge is 2.24. The van der Waals surface area contributed by atoms with E-state index in [4.69, 9.17) is 0 Å². The Bertz CT molecular complexity index is 240. The number of nitrogens with zero attached hydrogens (tertiary/aromatic N) is 1. The number of carbonyl (C=O) groups is 2. The van der Waals surface area contributed by atoms with Crippen molar-refractivity contribution in [3.63, 3.8) is 0 Å². The molecule has 0 aliphatic carbocycles. The van der Waals surface area contributed by atoms with Gasteiger partial charge in [0.1, 0.15) is 0 Å². The van der Waals surface area contributed by atoms with Crippen molar-refractivity contribution < 1.29 is 14.3 Å². The summed E-state index contributed by atoms with van der Waals surface area (Å²) in [6.45, 7) is 3.48. The molecular weight excluding hydrogens is 194 g/mol. The predicted molar refractivity (Wildman–Crippen MR) is 56.2 cm³/mol. The molecule has 0 aromatic rings. The van der Waals surface area contributed by atoms with Crippen LogP contribution >= 0.6 is 0 Å². The van der Waals surface area contributed by atoms with Gasteiger partial charge in [-0.2, -0.15) is 0 Å². The molecule has 0 radical (unpaired) electrons. The summed E-state index contributed by atoms with van der Waals surface area (Å²) >= 11 is 0. The highest BCUT2D eigenvalue weighted by Crippen LogP contribution is 2.17. The van der Waals surface area contributed by atoms with E-state index in [9.17, 15) is 9.59 Å². The fourth-order valence-corrected chi connectivity index (χ4v) is 1.87. The van der Waals surface area contributed by atoms with Crippen molar-refractivity contribution in [2.24, 2.45) is 5.92 Å². The van der Waals surface area contributed by atoms with Crippen LogP contribution in [0.4, 0.5) is 0 Å². The van der Waals surface area contributed by atoms with Crippen LogP contribution in [0, 0.1) is 5.92 Å². The highest BCUT2D eigenvalue weighted by molar-refractivity contribution is 5.79. The van der Waals surface area contributed by atoms with Gasteiger partial charge in [0, 0.05) is 25.4 Å². The first-order valence-corrected chi connectivity index (χ1v) is 5.50. The molecule has 1 unspecified atom stereocenters. The highest BCUT2D eigenvalue weighted by atomic mass is 16.5. The Hall–Kier alpha value is -1.06. The molecule has 1 aliphatic rings. The van der Waals surface area contributed by atoms with Crippen LogP contribution in [0.2, 0.25) is 0 Å². The quantitative estimate of drug-likeness (QED) is 0.659. The fraction of sp³-hybridized carbons (Fsp3) is 0.818. The van der Waals surface area contributed by atoms with E-state index < -0.39 is 0 Å². The minimum Gasteiger partial charge on any atom is -0.469 e. The molecule has 1 rings (SSSR count). The number of carbonyl (C=O) groups excluding carboxylic acids is 2. The number of rotatable bonds is 4. The van der Waals surface area contributed by atoms with E-state index in [1.165, 1.54) is 7.11 Å². The molecule has 0 aromatic heterocycles. The van der Waals surface area contributed by atoms with Gasteiger partial charge in [-0.15, -0.1) is 0 Å². The van der Waals surface area contributed by atoms with Crippen molar-refractivity contribution in [1.29, 1.82) is 0 Å². The monoisotopic (exact) mass is 213 g/mol. The molecule has 0 bridgehead atoms. The molecule has 0 aromatic carbocycles. The number of hydrogen-bond acceptors (Lipinski definition) is 3. The Kier molecular flexibility index (Phi) is 4.59. The molecule has 1 amide bonds. The Balaban J connectivity index is 2.25. The number of hydrogen-bond donors (Lipinski definition) is 0. The van der Waals surface area contributed by atoms with Crippen molar-refractivity contribution >= 4 is 11.9 Å². The SMILES string of the molecule is COC(=O)CCCN1CCCC(C)C1=O. The lowest BCUT2D eigenvalue weighted by Gasteiger charge is -2.30. The molecule has 15 heavy (non-hydrogen) atoms. The molecule has 1 aliphatic heterocycles. The van der Waals surface area contributed by atoms with Crippen molar-refractivity contribution in [2.45, 2.75) is 32.6 Å². The summed E-state index contributed by atoms with van der Waals surface area (Å²) in [5, 5.41) is 0.